The Balaban J connectivity index is 2.38. The van der Waals surface area contributed by atoms with Crippen LogP contribution in [0, 0.1) is 29.1 Å². The lowest BCUT2D eigenvalue weighted by atomic mass is 9.47. The molecular weight excluding hydrogens is 228 g/mol. The molecule has 0 amide bonds. The van der Waals surface area contributed by atoms with Gasteiger partial charge in [0.25, 0.3) is 0 Å². The van der Waals surface area contributed by atoms with Crippen molar-refractivity contribution in [1.82, 2.24) is 0 Å². The first-order valence-corrected chi connectivity index (χ1v) is 6.60. The van der Waals surface area contributed by atoms with E-state index in [1.165, 1.54) is 7.11 Å². The lowest BCUT2D eigenvalue weighted by molar-refractivity contribution is -0.167. The number of hydrogen-bond donors (Lipinski definition) is 0. The van der Waals surface area contributed by atoms with E-state index in [2.05, 4.69) is 6.58 Å². The molecule has 0 N–H and O–H groups in total. The van der Waals surface area contributed by atoms with Gasteiger partial charge in [0.05, 0.1) is 13.0 Å². The molecule has 0 aromatic rings. The highest BCUT2D eigenvalue weighted by atomic mass is 16.5. The summed E-state index contributed by atoms with van der Waals surface area (Å²) in [4.78, 5) is 24.4. The highest BCUT2D eigenvalue weighted by Crippen LogP contribution is 2.58. The minimum atomic E-state index is -0.432. The Kier molecular flexibility index (Phi) is 3.12. The van der Waals surface area contributed by atoms with Crippen molar-refractivity contribution in [3.63, 3.8) is 0 Å². The van der Waals surface area contributed by atoms with E-state index < -0.39 is 5.41 Å². The van der Waals surface area contributed by atoms with Crippen molar-refractivity contribution in [2.75, 3.05) is 7.11 Å². The van der Waals surface area contributed by atoms with E-state index in [9.17, 15) is 9.59 Å². The van der Waals surface area contributed by atoms with Gasteiger partial charge in [-0.1, -0.05) is 26.0 Å². The van der Waals surface area contributed by atoms with E-state index in [1.54, 1.807) is 0 Å². The number of carbonyl (C=O) groups excluding carboxylic acids is 2. The topological polar surface area (TPSA) is 43.4 Å². The summed E-state index contributed by atoms with van der Waals surface area (Å²) < 4.78 is 4.89. The Morgan fingerprint density at radius 2 is 2.11 bits per heavy atom. The minimum absolute atomic E-state index is 0.0385. The lowest BCUT2D eigenvalue weighted by Gasteiger charge is -2.55. The largest absolute Gasteiger partial charge is 0.469 e. The van der Waals surface area contributed by atoms with Gasteiger partial charge in [-0.3, -0.25) is 9.59 Å². The van der Waals surface area contributed by atoms with Crippen molar-refractivity contribution in [3.05, 3.63) is 12.2 Å². The number of Topliss-reactive ketones (excluding diaryl/α,β-unsaturated/α-hetero) is 1. The van der Waals surface area contributed by atoms with Crippen LogP contribution in [0.25, 0.3) is 0 Å². The number of rotatable bonds is 2. The molecule has 0 saturated heterocycles. The zero-order valence-corrected chi connectivity index (χ0v) is 11.7. The van der Waals surface area contributed by atoms with Gasteiger partial charge in [-0.15, -0.1) is 0 Å². The molecule has 3 fully saturated rings. The molecule has 0 unspecified atom stereocenters. The summed E-state index contributed by atoms with van der Waals surface area (Å²) in [5, 5.41) is 0. The molecule has 3 aliphatic rings. The zero-order chi connectivity index (χ0) is 13.7. The summed E-state index contributed by atoms with van der Waals surface area (Å²) in [6.45, 7) is 9.96. The highest BCUT2D eigenvalue weighted by Gasteiger charge is 2.59. The predicted octanol–water partition coefficient (Wildman–Crippen LogP) is 2.60. The summed E-state index contributed by atoms with van der Waals surface area (Å²) in [5.41, 5.74) is 0.629. The third kappa shape index (κ3) is 1.63. The summed E-state index contributed by atoms with van der Waals surface area (Å²) in [5.74, 6) is 0.310. The van der Waals surface area contributed by atoms with Gasteiger partial charge >= 0.3 is 5.97 Å². The van der Waals surface area contributed by atoms with Gasteiger partial charge in [-0.25, -0.2) is 0 Å². The standard InChI is InChI=1S/C15H22O3/c1-8(2)12-6-10-9(3)13(16)15(12,4)7-11(10)14(17)18-5/h9-12H,1,6-7H2,2-5H3/t9-,10+,11+,12+,15-/m0/s1. The first kappa shape index (κ1) is 13.3. The van der Waals surface area contributed by atoms with Crippen molar-refractivity contribution in [2.24, 2.45) is 29.1 Å². The third-order valence-electron chi connectivity index (χ3n) is 5.16. The first-order valence-electron chi connectivity index (χ1n) is 6.60. The molecule has 0 aromatic heterocycles. The van der Waals surface area contributed by atoms with Gasteiger partial charge in [-0.2, -0.15) is 0 Å². The van der Waals surface area contributed by atoms with Crippen molar-refractivity contribution in [2.45, 2.75) is 33.6 Å². The molecule has 18 heavy (non-hydrogen) atoms. The molecule has 100 valence electrons. The van der Waals surface area contributed by atoms with Crippen LogP contribution in [0.15, 0.2) is 12.2 Å². The van der Waals surface area contributed by atoms with Crippen LogP contribution < -0.4 is 0 Å². The van der Waals surface area contributed by atoms with Gasteiger partial charge in [0.15, 0.2) is 0 Å². The Morgan fingerprint density at radius 3 is 2.61 bits per heavy atom. The van der Waals surface area contributed by atoms with Gasteiger partial charge in [0.2, 0.25) is 0 Å². The monoisotopic (exact) mass is 250 g/mol. The number of allylic oxidation sites excluding steroid dienone is 1. The fourth-order valence-corrected chi connectivity index (χ4v) is 4.14. The second-order valence-electron chi connectivity index (χ2n) is 6.20. The van der Waals surface area contributed by atoms with E-state index in [4.69, 9.17) is 4.74 Å². The van der Waals surface area contributed by atoms with Crippen LogP contribution in [0.3, 0.4) is 0 Å². The number of carbonyl (C=O) groups is 2. The molecule has 3 saturated carbocycles. The quantitative estimate of drug-likeness (QED) is 0.559. The maximum atomic E-state index is 12.5. The number of methoxy groups -OCH3 is 1. The predicted molar refractivity (Wildman–Crippen MR) is 68.8 cm³/mol. The van der Waals surface area contributed by atoms with Crippen LogP contribution in [0.4, 0.5) is 0 Å². The van der Waals surface area contributed by atoms with Crippen molar-refractivity contribution in [3.8, 4) is 0 Å². The Hall–Kier alpha value is -1.12. The van der Waals surface area contributed by atoms with Gasteiger partial charge in [0, 0.05) is 11.3 Å². The summed E-state index contributed by atoms with van der Waals surface area (Å²) in [7, 11) is 1.43. The van der Waals surface area contributed by atoms with Crippen LogP contribution in [0.5, 0.6) is 0 Å². The Morgan fingerprint density at radius 1 is 1.50 bits per heavy atom. The molecule has 3 nitrogen and oxygen atoms in total. The number of hydrogen-bond acceptors (Lipinski definition) is 3. The molecule has 0 spiro atoms. The fraction of sp³-hybridized carbons (Fsp3) is 0.733. The number of ketones is 1. The molecule has 3 rings (SSSR count). The number of ether oxygens (including phenoxy) is 1. The third-order valence-corrected chi connectivity index (χ3v) is 5.16. The van der Waals surface area contributed by atoms with Crippen LogP contribution in [-0.4, -0.2) is 18.9 Å². The summed E-state index contributed by atoms with van der Waals surface area (Å²) in [6.07, 6.45) is 1.50. The van der Waals surface area contributed by atoms with E-state index in [0.29, 0.717) is 12.2 Å². The molecular formula is C15H22O3. The van der Waals surface area contributed by atoms with Crippen molar-refractivity contribution in [1.29, 1.82) is 0 Å². The highest BCUT2D eigenvalue weighted by molar-refractivity contribution is 5.91. The second kappa shape index (κ2) is 4.22. The average Bonchev–Trinajstić information content (AvgIpc) is 2.33. The van der Waals surface area contributed by atoms with Crippen LogP contribution in [0.2, 0.25) is 0 Å². The van der Waals surface area contributed by atoms with Gasteiger partial charge < -0.3 is 4.74 Å². The fourth-order valence-electron chi connectivity index (χ4n) is 4.14. The number of esters is 1. The zero-order valence-electron chi connectivity index (χ0n) is 11.7. The van der Waals surface area contributed by atoms with Crippen molar-refractivity contribution >= 4 is 11.8 Å². The van der Waals surface area contributed by atoms with Crippen LogP contribution in [0.1, 0.15) is 33.6 Å². The molecule has 3 heteroatoms. The van der Waals surface area contributed by atoms with E-state index in [1.807, 2.05) is 20.8 Å². The summed E-state index contributed by atoms with van der Waals surface area (Å²) >= 11 is 0. The molecule has 0 aromatic carbocycles. The lowest BCUT2D eigenvalue weighted by Crippen LogP contribution is -2.57. The Bertz CT molecular complexity index is 412. The van der Waals surface area contributed by atoms with Crippen LogP contribution in [-0.2, 0) is 14.3 Å². The normalized spacial score (nSPS) is 42.8. The van der Waals surface area contributed by atoms with Gasteiger partial charge in [-0.05, 0) is 31.6 Å². The van der Waals surface area contributed by atoms with E-state index in [0.717, 1.165) is 12.0 Å². The molecule has 2 bridgehead atoms. The van der Waals surface area contributed by atoms with E-state index >= 15 is 0 Å². The maximum Gasteiger partial charge on any atom is 0.308 e. The number of fused-ring (bicyclic) bond motifs is 3. The average molecular weight is 250 g/mol. The molecule has 0 radical (unpaired) electrons. The smallest absolute Gasteiger partial charge is 0.308 e. The van der Waals surface area contributed by atoms with Crippen molar-refractivity contribution < 1.29 is 14.3 Å². The maximum absolute atomic E-state index is 12.5. The molecule has 3 aliphatic carbocycles. The SMILES string of the molecule is C=C(C)[C@H]1C[C@@H]2[C@H](C)C(=O)[C@@]1(C)C[C@H]2C(=O)OC. The molecule has 5 atom stereocenters. The minimum Gasteiger partial charge on any atom is -0.469 e. The van der Waals surface area contributed by atoms with Crippen LogP contribution >= 0.6 is 0 Å². The summed E-state index contributed by atoms with van der Waals surface area (Å²) in [6, 6.07) is 0. The molecule has 0 aliphatic heterocycles. The first-order chi connectivity index (χ1) is 8.32. The van der Waals surface area contributed by atoms with E-state index in [-0.39, 0.29) is 29.6 Å². The second-order valence-corrected chi connectivity index (χ2v) is 6.20. The van der Waals surface area contributed by atoms with Gasteiger partial charge in [0.1, 0.15) is 5.78 Å². The Labute approximate surface area is 109 Å². The molecule has 0 heterocycles.